The number of carbonyl (C=O) groups is 2. The predicted molar refractivity (Wildman–Crippen MR) is 137 cm³/mol. The number of benzene rings is 1. The maximum atomic E-state index is 13.5. The number of aromatic nitrogens is 3. The fourth-order valence-corrected chi connectivity index (χ4v) is 5.12. The van der Waals surface area contributed by atoms with Gasteiger partial charge >= 0.3 is 11.9 Å². The molecule has 0 spiro atoms. The summed E-state index contributed by atoms with van der Waals surface area (Å²) in [4.78, 5) is 43.2. The first kappa shape index (κ1) is 23.7. The number of para-hydroxylation sites is 1. The van der Waals surface area contributed by atoms with Crippen LogP contribution in [0.4, 0.5) is 0 Å². The Balaban J connectivity index is 1.43. The van der Waals surface area contributed by atoms with E-state index in [1.54, 1.807) is 40.7 Å². The van der Waals surface area contributed by atoms with Crippen LogP contribution in [0.1, 0.15) is 35.6 Å². The molecule has 38 heavy (non-hydrogen) atoms. The van der Waals surface area contributed by atoms with E-state index in [-0.39, 0.29) is 48.7 Å². The smallest absolute Gasteiger partial charge is 0.343 e. The molecule has 0 saturated carbocycles. The highest BCUT2D eigenvalue weighted by molar-refractivity contribution is 6.02. The summed E-state index contributed by atoms with van der Waals surface area (Å²) < 4.78 is 8.47. The molecule has 2 aliphatic heterocycles. The first-order valence-corrected chi connectivity index (χ1v) is 12.3. The maximum Gasteiger partial charge on any atom is 0.343 e. The fourth-order valence-electron chi connectivity index (χ4n) is 5.12. The van der Waals surface area contributed by atoms with E-state index < -0.39 is 11.6 Å². The second-order valence-corrected chi connectivity index (χ2v) is 9.31. The summed E-state index contributed by atoms with van der Waals surface area (Å²) in [5.74, 6) is -1.05. The third-order valence-electron chi connectivity index (χ3n) is 7.13. The minimum atomic E-state index is -1.90. The van der Waals surface area contributed by atoms with E-state index in [2.05, 4.69) is 10.5 Å². The van der Waals surface area contributed by atoms with Crippen molar-refractivity contribution >= 4 is 29.0 Å². The molecule has 4 aromatic rings. The predicted octanol–water partition coefficient (Wildman–Crippen LogP) is 1.52. The number of hydrogen-bond donors (Lipinski definition) is 2. The Kier molecular flexibility index (Phi) is 5.61. The Hall–Kier alpha value is -4.70. The van der Waals surface area contributed by atoms with Crippen molar-refractivity contribution in [1.29, 1.82) is 0 Å². The summed E-state index contributed by atoms with van der Waals surface area (Å²) in [6.45, 7) is 1.81. The van der Waals surface area contributed by atoms with Crippen molar-refractivity contribution in [3.8, 4) is 11.4 Å². The van der Waals surface area contributed by atoms with Gasteiger partial charge in [0.2, 0.25) is 6.54 Å². The summed E-state index contributed by atoms with van der Waals surface area (Å²) in [5, 5.41) is 16.1. The fraction of sp³-hybridized carbons (Fsp3) is 0.214. The number of rotatable bonds is 5. The maximum absolute atomic E-state index is 13.5. The molecule has 1 atom stereocenters. The Morgan fingerprint density at radius 1 is 1.21 bits per heavy atom. The van der Waals surface area contributed by atoms with E-state index in [1.165, 1.54) is 0 Å². The zero-order valence-corrected chi connectivity index (χ0v) is 20.5. The zero-order chi connectivity index (χ0) is 26.4. The highest BCUT2D eigenvalue weighted by atomic mass is 16.6. The number of ether oxygens (including phenoxy) is 1. The minimum absolute atomic E-state index is 0.0681. The van der Waals surface area contributed by atoms with E-state index >= 15 is 0 Å². The van der Waals surface area contributed by atoms with E-state index in [4.69, 9.17) is 9.72 Å². The monoisotopic (exact) mass is 510 g/mol. The lowest BCUT2D eigenvalue weighted by Crippen LogP contribution is -2.44. The van der Waals surface area contributed by atoms with Gasteiger partial charge in [-0.25, -0.2) is 15.2 Å². The first-order chi connectivity index (χ1) is 18.4. The summed E-state index contributed by atoms with van der Waals surface area (Å²) in [6, 6.07) is 14.7. The number of cyclic esters (lactones) is 1. The van der Waals surface area contributed by atoms with Gasteiger partial charge in [-0.15, -0.1) is 0 Å². The number of esters is 1. The second kappa shape index (κ2) is 9.00. The quantitative estimate of drug-likeness (QED) is 0.160. The van der Waals surface area contributed by atoms with Gasteiger partial charge in [-0.05, 0) is 18.6 Å². The van der Waals surface area contributed by atoms with Crippen molar-refractivity contribution in [2.45, 2.75) is 38.6 Å². The molecule has 0 radical (unpaired) electrons. The van der Waals surface area contributed by atoms with Crippen molar-refractivity contribution in [1.82, 2.24) is 15.0 Å². The van der Waals surface area contributed by atoms with Crippen LogP contribution < -0.4 is 15.6 Å². The van der Waals surface area contributed by atoms with Gasteiger partial charge in [-0.1, -0.05) is 31.2 Å². The normalized spacial score (nSPS) is 17.7. The summed E-state index contributed by atoms with van der Waals surface area (Å²) in [6.07, 6.45) is 5.22. The molecular formula is C28H24N5O5+. The molecule has 5 heterocycles. The van der Waals surface area contributed by atoms with Crippen LogP contribution >= 0.6 is 0 Å². The third kappa shape index (κ3) is 3.69. The number of hydrogen-bond acceptors (Lipinski definition) is 7. The average Bonchev–Trinajstić information content (AvgIpc) is 3.30. The lowest BCUT2D eigenvalue weighted by Gasteiger charge is -2.31. The van der Waals surface area contributed by atoms with Crippen molar-refractivity contribution < 1.29 is 24.0 Å². The first-order valence-electron chi connectivity index (χ1n) is 12.3. The summed E-state index contributed by atoms with van der Waals surface area (Å²) in [7, 11) is 0. The molecule has 2 aliphatic rings. The second-order valence-electron chi connectivity index (χ2n) is 9.31. The van der Waals surface area contributed by atoms with Crippen molar-refractivity contribution in [2.24, 2.45) is 5.10 Å². The van der Waals surface area contributed by atoms with Crippen LogP contribution in [0.25, 0.3) is 22.3 Å². The number of aliphatic hydroxyl groups is 1. The van der Waals surface area contributed by atoms with Gasteiger partial charge in [0.15, 0.2) is 18.0 Å². The molecule has 3 aromatic heterocycles. The number of nitrogens with one attached hydrogen (secondary N) is 1. The molecule has 1 amide bonds. The largest absolute Gasteiger partial charge is 0.458 e. The third-order valence-corrected chi connectivity index (χ3v) is 7.13. The average molecular weight is 511 g/mol. The lowest BCUT2D eigenvalue weighted by molar-refractivity contribution is -0.684. The van der Waals surface area contributed by atoms with Crippen molar-refractivity contribution in [3.05, 3.63) is 93.5 Å². The number of pyridine rings is 3. The van der Waals surface area contributed by atoms with E-state index in [0.29, 0.717) is 16.9 Å². The standard InChI is InChI=1S/C28H23N5O5/c1-2-28(37)21-12-23-25-19(14-33(23)26(35)20(21)16-38-27(28)36)18(17-8-4-5-9-22(17)30-25)13-29-31-24(34)15-32-10-6-3-7-11-32/h3-13,37H,2,14-16H2,1H3/p+1. The minimum Gasteiger partial charge on any atom is -0.458 e. The van der Waals surface area contributed by atoms with Crippen LogP contribution in [0, 0.1) is 0 Å². The van der Waals surface area contributed by atoms with Crippen LogP contribution in [-0.4, -0.2) is 32.7 Å². The topological polar surface area (TPSA) is 127 Å². The van der Waals surface area contributed by atoms with Gasteiger partial charge in [0.05, 0.1) is 35.2 Å². The molecule has 0 aliphatic carbocycles. The Bertz CT molecular complexity index is 1710. The van der Waals surface area contributed by atoms with Gasteiger partial charge in [0, 0.05) is 34.2 Å². The molecule has 0 saturated heterocycles. The van der Waals surface area contributed by atoms with Gasteiger partial charge in [-0.3, -0.25) is 9.59 Å². The van der Waals surface area contributed by atoms with Gasteiger partial charge in [0.1, 0.15) is 6.61 Å². The molecule has 6 rings (SSSR count). The highest BCUT2D eigenvalue weighted by Crippen LogP contribution is 2.39. The molecule has 0 bridgehead atoms. The zero-order valence-electron chi connectivity index (χ0n) is 20.5. The van der Waals surface area contributed by atoms with E-state index in [1.807, 2.05) is 42.5 Å². The number of fused-ring (bicyclic) bond motifs is 5. The molecule has 10 heteroatoms. The number of hydrazone groups is 1. The Morgan fingerprint density at radius 2 is 2.00 bits per heavy atom. The lowest BCUT2D eigenvalue weighted by atomic mass is 9.86. The van der Waals surface area contributed by atoms with Crippen LogP contribution in [0.5, 0.6) is 0 Å². The summed E-state index contributed by atoms with van der Waals surface area (Å²) >= 11 is 0. The van der Waals surface area contributed by atoms with E-state index in [9.17, 15) is 19.5 Å². The molecular weight excluding hydrogens is 486 g/mol. The van der Waals surface area contributed by atoms with Gasteiger partial charge in [-0.2, -0.15) is 9.67 Å². The molecule has 1 unspecified atom stereocenters. The molecule has 1 aromatic carbocycles. The van der Waals surface area contributed by atoms with Crippen LogP contribution in [-0.2, 0) is 39.6 Å². The number of nitrogens with zero attached hydrogens (tertiary/aromatic N) is 4. The van der Waals surface area contributed by atoms with Crippen molar-refractivity contribution in [2.75, 3.05) is 0 Å². The van der Waals surface area contributed by atoms with Crippen LogP contribution in [0.15, 0.2) is 70.8 Å². The molecule has 190 valence electrons. The molecule has 10 nitrogen and oxygen atoms in total. The number of amides is 1. The van der Waals surface area contributed by atoms with E-state index in [0.717, 1.165) is 16.5 Å². The van der Waals surface area contributed by atoms with Crippen molar-refractivity contribution in [3.63, 3.8) is 0 Å². The van der Waals surface area contributed by atoms with Crippen LogP contribution in [0.3, 0.4) is 0 Å². The van der Waals surface area contributed by atoms with Crippen LogP contribution in [0.2, 0.25) is 0 Å². The molecule has 0 fully saturated rings. The SMILES string of the molecule is CCC1(O)C(=O)OCc2c1cc1n(c2=O)Cc2c-1nc1ccccc1c2C=NNC(=O)C[n+]1ccccc1. The Labute approximate surface area is 216 Å². The Morgan fingerprint density at radius 3 is 2.79 bits per heavy atom. The van der Waals surface area contributed by atoms with Gasteiger partial charge in [0.25, 0.3) is 5.56 Å². The highest BCUT2D eigenvalue weighted by Gasteiger charge is 2.45. The number of carbonyl (C=O) groups excluding carboxylic acids is 2. The molecule has 2 N–H and O–H groups in total. The van der Waals surface area contributed by atoms with Gasteiger partial charge < -0.3 is 14.4 Å². The summed E-state index contributed by atoms with van der Waals surface area (Å²) in [5.41, 5.74) is 4.09.